The van der Waals surface area contributed by atoms with Crippen LogP contribution in [-0.2, 0) is 38.6 Å². The largest absolute Gasteiger partial charge is 0.488 e. The van der Waals surface area contributed by atoms with Crippen LogP contribution < -0.4 is 41.4 Å². The molecular formula is C58H78Cl2N16O8S2. The lowest BCUT2D eigenvalue weighted by molar-refractivity contribution is 0.182. The molecule has 0 spiro atoms. The number of sulfone groups is 2. The highest BCUT2D eigenvalue weighted by molar-refractivity contribution is 7.92. The number of piperidine rings is 2. The Bertz CT molecular complexity index is 3650. The minimum atomic E-state index is -3.65. The number of amides is 2. The highest BCUT2D eigenvalue weighted by atomic mass is 35.5. The van der Waals surface area contributed by atoms with Crippen molar-refractivity contribution in [3.63, 3.8) is 0 Å². The van der Waals surface area contributed by atoms with Gasteiger partial charge in [0.1, 0.15) is 21.5 Å². The number of benzene rings is 2. The van der Waals surface area contributed by atoms with E-state index in [0.717, 1.165) is 92.9 Å². The maximum Gasteiger partial charge on any atom is 0.317 e. The Labute approximate surface area is 513 Å². The number of rotatable bonds is 20. The first kappa shape index (κ1) is 64.9. The molecule has 6 N–H and O–H groups in total. The van der Waals surface area contributed by atoms with Crippen LogP contribution in [0.5, 0.6) is 11.5 Å². The summed E-state index contributed by atoms with van der Waals surface area (Å²) in [6.07, 6.45) is 16.0. The van der Waals surface area contributed by atoms with E-state index in [-0.39, 0.29) is 61.6 Å². The number of carbonyl (C=O) groups is 1. The number of urea groups is 1. The summed E-state index contributed by atoms with van der Waals surface area (Å²) in [6, 6.07) is 8.40. The summed E-state index contributed by atoms with van der Waals surface area (Å²) in [5, 5.41) is 26.4. The molecule has 86 heavy (non-hydrogen) atoms. The van der Waals surface area contributed by atoms with Crippen LogP contribution in [0.25, 0.3) is 0 Å². The smallest absolute Gasteiger partial charge is 0.317 e. The first-order chi connectivity index (χ1) is 41.0. The molecule has 2 amide bonds. The minimum absolute atomic E-state index is 0.00639. The van der Waals surface area contributed by atoms with Gasteiger partial charge in [-0.3, -0.25) is 9.36 Å². The van der Waals surface area contributed by atoms with Crippen molar-refractivity contribution in [1.29, 1.82) is 0 Å². The summed E-state index contributed by atoms with van der Waals surface area (Å²) in [7, 11) is -3.96. The van der Waals surface area contributed by atoms with Crippen LogP contribution in [0.4, 0.5) is 51.1 Å². The Kier molecular flexibility index (Phi) is 21.6. The van der Waals surface area contributed by atoms with Gasteiger partial charge in [-0.2, -0.15) is 20.2 Å². The topological polar surface area (TPSA) is 296 Å². The molecular weight excluding hydrogens is 1180 g/mol. The molecule has 10 rings (SSSR count). The number of anilines is 8. The number of hydrogen-bond acceptors (Lipinski definition) is 20. The van der Waals surface area contributed by atoms with Crippen LogP contribution in [0.3, 0.4) is 0 Å². The number of isocyanates is 1. The Morgan fingerprint density at radius 3 is 1.48 bits per heavy atom. The maximum atomic E-state index is 12.9. The van der Waals surface area contributed by atoms with Gasteiger partial charge in [0.05, 0.1) is 57.9 Å². The van der Waals surface area contributed by atoms with Gasteiger partial charge in [-0.05, 0) is 178 Å². The molecule has 0 bridgehead atoms. The average molecular weight is 1260 g/mol. The second-order valence-electron chi connectivity index (χ2n) is 22.2. The van der Waals surface area contributed by atoms with E-state index in [1.54, 1.807) is 61.1 Å². The number of aryl methyl sites for hydroxylation is 4. The lowest BCUT2D eigenvalue weighted by Crippen LogP contribution is -2.44. The maximum absolute atomic E-state index is 12.9. The van der Waals surface area contributed by atoms with Gasteiger partial charge in [-0.15, -0.1) is 0 Å². The molecule has 2 saturated carbocycles. The molecule has 2 aliphatic heterocycles. The number of aliphatic imine (C=N–C) groups is 1. The van der Waals surface area contributed by atoms with E-state index in [4.69, 9.17) is 37.5 Å². The third-order valence-corrected chi connectivity index (χ3v) is 19.5. The number of ether oxygens (including phenoxy) is 2. The number of likely N-dealkylation sites (tertiary alicyclic amines) is 1. The number of halogens is 2. The van der Waals surface area contributed by atoms with Crippen molar-refractivity contribution in [1.82, 2.24) is 55.0 Å². The van der Waals surface area contributed by atoms with Crippen LogP contribution in [0.2, 0.25) is 10.0 Å². The minimum Gasteiger partial charge on any atom is -0.488 e. The van der Waals surface area contributed by atoms with Crippen molar-refractivity contribution in [2.45, 2.75) is 151 Å². The summed E-state index contributed by atoms with van der Waals surface area (Å²) in [6.45, 7) is 19.0. The lowest BCUT2D eigenvalue weighted by Gasteiger charge is -2.33. The molecule has 4 aromatic heterocycles. The Morgan fingerprint density at radius 1 is 0.674 bits per heavy atom. The quantitative estimate of drug-likeness (QED) is 0.0306. The second-order valence-corrected chi connectivity index (χ2v) is 27.9. The molecule has 4 fully saturated rings. The van der Waals surface area contributed by atoms with Gasteiger partial charge in [-0.1, -0.05) is 23.2 Å². The predicted octanol–water partition coefficient (Wildman–Crippen LogP) is 10.5. The van der Waals surface area contributed by atoms with Gasteiger partial charge < -0.3 is 46.3 Å². The van der Waals surface area contributed by atoms with Gasteiger partial charge in [0.25, 0.3) is 0 Å². The standard InChI is InChI=1S/C29H39ClN8O4S.C26H34ClN7O3S.C3H5NO/c1-6-31-29(39)38-11-9-19(10-12-38)21-14-25(42-20-7-8-20)23(13-18(21)4)34-28-32-15-22(30)26(35-28)33-24-16-37(5)36-27(24)43(40,41)17(2)3;1-15(2)38(35,36)25-22(14-34(4)33-25)30-24-20(27)13-29-26(32-24)31-21-11-16(3)19(17-7-9-28-10-8-17)12-23(21)37-18-5-6-18;1-2-4-3-5/h13-17,19-20H,6-12H2,1-5H3,(H,31,39)(H2,32,33,34,35);11-15,17-18,28H,5-10H2,1-4H3,(H2,29,30,31,32);2H2,1H3. The number of aromatic nitrogens is 8. The van der Waals surface area contributed by atoms with Crippen LogP contribution in [0, 0.1) is 13.8 Å². The first-order valence-electron chi connectivity index (χ1n) is 29.1. The molecule has 0 atom stereocenters. The zero-order valence-corrected chi connectivity index (χ0v) is 53.4. The zero-order valence-electron chi connectivity index (χ0n) is 50.3. The normalized spacial score (nSPS) is 15.6. The van der Waals surface area contributed by atoms with Crippen molar-refractivity contribution in [3.05, 3.63) is 81.4 Å². The molecule has 2 aliphatic carbocycles. The Morgan fingerprint density at radius 2 is 1.10 bits per heavy atom. The van der Waals surface area contributed by atoms with Crippen LogP contribution in [0.15, 0.2) is 64.1 Å². The fourth-order valence-electron chi connectivity index (χ4n) is 9.76. The van der Waals surface area contributed by atoms with Gasteiger partial charge in [-0.25, -0.2) is 41.4 Å². The first-order valence-corrected chi connectivity index (χ1v) is 32.9. The van der Waals surface area contributed by atoms with E-state index in [1.807, 2.05) is 17.9 Å². The number of carbonyl (C=O) groups excluding carboxylic acids is 2. The fraction of sp³-hybridized carbons (Fsp3) is 0.517. The van der Waals surface area contributed by atoms with E-state index in [2.05, 4.69) is 99.1 Å². The summed E-state index contributed by atoms with van der Waals surface area (Å²) in [5.74, 6) is 3.42. The van der Waals surface area contributed by atoms with E-state index >= 15 is 0 Å². The number of nitrogens with zero attached hydrogens (tertiary/aromatic N) is 10. The van der Waals surface area contributed by atoms with Gasteiger partial charge in [0, 0.05) is 52.7 Å². The van der Waals surface area contributed by atoms with Gasteiger partial charge >= 0.3 is 6.03 Å². The number of nitrogens with one attached hydrogen (secondary N) is 6. The summed E-state index contributed by atoms with van der Waals surface area (Å²) in [5.41, 5.74) is 6.92. The van der Waals surface area contributed by atoms with Gasteiger partial charge in [0.2, 0.25) is 47.7 Å². The molecule has 24 nitrogen and oxygen atoms in total. The van der Waals surface area contributed by atoms with E-state index in [9.17, 15) is 21.6 Å². The van der Waals surface area contributed by atoms with Crippen molar-refractivity contribution >= 4 is 101 Å². The van der Waals surface area contributed by atoms with Crippen LogP contribution >= 0.6 is 23.2 Å². The summed E-state index contributed by atoms with van der Waals surface area (Å²) < 4.78 is 67.0. The molecule has 2 saturated heterocycles. The molecule has 0 radical (unpaired) electrons. The molecule has 464 valence electrons. The van der Waals surface area contributed by atoms with Crippen molar-refractivity contribution in [2.24, 2.45) is 19.1 Å². The summed E-state index contributed by atoms with van der Waals surface area (Å²) >= 11 is 12.8. The highest BCUT2D eigenvalue weighted by Crippen LogP contribution is 2.42. The fourth-order valence-corrected chi connectivity index (χ4v) is 12.2. The third-order valence-electron chi connectivity index (χ3n) is 14.8. The third kappa shape index (κ3) is 16.5. The average Bonchev–Trinajstić information content (AvgIpc) is 1.83. The molecule has 2 aromatic carbocycles. The van der Waals surface area contributed by atoms with Crippen LogP contribution in [-0.4, -0.2) is 135 Å². The Balaban J connectivity index is 0.000000208. The van der Waals surface area contributed by atoms with Crippen molar-refractivity contribution in [2.75, 3.05) is 60.5 Å². The monoisotopic (exact) mass is 1260 g/mol. The molecule has 6 aromatic rings. The Hall–Kier alpha value is -7.09. The summed E-state index contributed by atoms with van der Waals surface area (Å²) in [4.78, 5) is 44.3. The predicted molar refractivity (Wildman–Crippen MR) is 334 cm³/mol. The van der Waals surface area contributed by atoms with E-state index in [1.165, 1.54) is 44.5 Å². The zero-order chi connectivity index (χ0) is 62.0. The molecule has 4 aliphatic rings. The van der Waals surface area contributed by atoms with Crippen LogP contribution in [0.1, 0.15) is 127 Å². The molecule has 6 heterocycles. The van der Waals surface area contributed by atoms with Gasteiger partial charge in [0.15, 0.2) is 11.6 Å². The lowest BCUT2D eigenvalue weighted by atomic mass is 9.86. The van der Waals surface area contributed by atoms with E-state index < -0.39 is 30.2 Å². The second kappa shape index (κ2) is 28.6. The van der Waals surface area contributed by atoms with E-state index in [0.29, 0.717) is 49.7 Å². The highest BCUT2D eigenvalue weighted by Gasteiger charge is 2.32. The van der Waals surface area contributed by atoms with Crippen molar-refractivity contribution in [3.8, 4) is 11.5 Å². The SMILES string of the molecule is CCN=C=O.CCNC(=O)N1CCC(c2cc(OC3CC3)c(Nc3ncc(Cl)c(Nc4cn(C)nc4S(=O)(=O)C(C)C)n3)cc2C)CC1.Cc1cc(Nc2ncc(Cl)c(Nc3cn(C)nc3S(=O)(=O)C(C)C)n2)c(OC2CC2)cc1C1CCNCC1. The molecule has 0 unspecified atom stereocenters. The molecule has 28 heteroatoms. The number of hydrogen-bond donors (Lipinski definition) is 6. The van der Waals surface area contributed by atoms with Crippen molar-refractivity contribution < 1.29 is 35.9 Å².